The van der Waals surface area contributed by atoms with Crippen molar-refractivity contribution in [1.82, 2.24) is 14.8 Å². The normalized spacial score (nSPS) is 14.6. The van der Waals surface area contributed by atoms with Crippen molar-refractivity contribution in [1.29, 1.82) is 0 Å². The molecule has 1 aliphatic heterocycles. The van der Waals surface area contributed by atoms with Crippen LogP contribution in [0, 0.1) is 0 Å². The van der Waals surface area contributed by atoms with Crippen LogP contribution in [0.3, 0.4) is 0 Å². The summed E-state index contributed by atoms with van der Waals surface area (Å²) in [6.07, 6.45) is 1.61. The van der Waals surface area contributed by atoms with Gasteiger partial charge in [0.1, 0.15) is 6.04 Å². The Morgan fingerprint density at radius 3 is 2.61 bits per heavy atom. The number of esters is 1. The first kappa shape index (κ1) is 27.9. The number of thioether (sulfide) groups is 1. The molecule has 2 aromatic carbocycles. The van der Waals surface area contributed by atoms with Gasteiger partial charge in [0.2, 0.25) is 11.1 Å². The number of benzene rings is 2. The summed E-state index contributed by atoms with van der Waals surface area (Å²) in [5, 5.41) is 9.32. The van der Waals surface area contributed by atoms with Crippen LogP contribution in [0.2, 0.25) is 5.02 Å². The lowest BCUT2D eigenvalue weighted by Crippen LogP contribution is -2.29. The Kier molecular flexibility index (Phi) is 9.58. The van der Waals surface area contributed by atoms with Crippen LogP contribution >= 0.6 is 23.4 Å². The van der Waals surface area contributed by atoms with E-state index in [4.69, 9.17) is 35.9 Å². The fourth-order valence-electron chi connectivity index (χ4n) is 4.09. The van der Waals surface area contributed by atoms with Gasteiger partial charge in [-0.2, -0.15) is 4.98 Å². The molecule has 1 aliphatic rings. The van der Waals surface area contributed by atoms with E-state index < -0.39 is 12.0 Å². The number of hydrogen-bond donors (Lipinski definition) is 1. The van der Waals surface area contributed by atoms with E-state index in [2.05, 4.69) is 12.2 Å². The minimum absolute atomic E-state index is 0.333. The third-order valence-corrected chi connectivity index (χ3v) is 7.11. The van der Waals surface area contributed by atoms with E-state index in [1.807, 2.05) is 63.2 Å². The summed E-state index contributed by atoms with van der Waals surface area (Å²) in [6.45, 7) is 9.20. The average molecular weight is 557 g/mol. The second-order valence-corrected chi connectivity index (χ2v) is 10.1. The summed E-state index contributed by atoms with van der Waals surface area (Å²) in [4.78, 5) is 18.0. The summed E-state index contributed by atoms with van der Waals surface area (Å²) < 4.78 is 19.1. The number of hydrogen-bond acceptors (Lipinski definition) is 8. The minimum atomic E-state index is -0.558. The smallest absolute Gasteiger partial charge is 0.338 e. The van der Waals surface area contributed by atoms with Crippen molar-refractivity contribution < 1.29 is 19.0 Å². The molecule has 2 heterocycles. The highest BCUT2D eigenvalue weighted by Gasteiger charge is 2.35. The number of nitrogens with one attached hydrogen (secondary N) is 1. The van der Waals surface area contributed by atoms with Crippen molar-refractivity contribution in [3.63, 3.8) is 0 Å². The van der Waals surface area contributed by atoms with Gasteiger partial charge in [0.15, 0.2) is 11.5 Å². The highest BCUT2D eigenvalue weighted by molar-refractivity contribution is 7.98. The summed E-state index contributed by atoms with van der Waals surface area (Å²) in [7, 11) is 0. The van der Waals surface area contributed by atoms with Gasteiger partial charge in [-0.1, -0.05) is 61.5 Å². The zero-order valence-corrected chi connectivity index (χ0v) is 23.7. The molecule has 0 saturated heterocycles. The van der Waals surface area contributed by atoms with Gasteiger partial charge in [0, 0.05) is 16.5 Å². The highest BCUT2D eigenvalue weighted by atomic mass is 35.5. The molecule has 0 amide bonds. The van der Waals surface area contributed by atoms with Crippen LogP contribution < -0.4 is 14.8 Å². The number of nitrogens with zero attached hydrogens (tertiary/aromatic N) is 3. The minimum Gasteiger partial charge on any atom is -0.490 e. The molecule has 0 saturated carbocycles. The Morgan fingerprint density at radius 2 is 1.87 bits per heavy atom. The summed E-state index contributed by atoms with van der Waals surface area (Å²) in [5.41, 5.74) is 2.96. The fraction of sp³-hybridized carbons (Fsp3) is 0.393. The Labute approximate surface area is 232 Å². The molecule has 1 aromatic heterocycles. The van der Waals surface area contributed by atoms with E-state index in [1.165, 1.54) is 11.8 Å². The fourth-order valence-corrected chi connectivity index (χ4v) is 5.20. The number of anilines is 1. The van der Waals surface area contributed by atoms with Crippen LogP contribution in [0.15, 0.2) is 58.9 Å². The monoisotopic (exact) mass is 556 g/mol. The molecule has 38 heavy (non-hydrogen) atoms. The van der Waals surface area contributed by atoms with E-state index in [-0.39, 0.29) is 0 Å². The maximum absolute atomic E-state index is 13.3. The number of rotatable bonds is 12. The van der Waals surface area contributed by atoms with Gasteiger partial charge >= 0.3 is 5.97 Å². The molecule has 3 aromatic rings. The van der Waals surface area contributed by atoms with Crippen LogP contribution in [0.5, 0.6) is 11.5 Å². The quantitative estimate of drug-likeness (QED) is 0.196. The van der Waals surface area contributed by atoms with Crippen LogP contribution in [0.4, 0.5) is 5.95 Å². The molecule has 0 fully saturated rings. The number of carbonyl (C=O) groups excluding carboxylic acids is 1. The highest BCUT2D eigenvalue weighted by Crippen LogP contribution is 2.40. The van der Waals surface area contributed by atoms with Crippen molar-refractivity contribution >= 4 is 35.3 Å². The molecule has 1 N–H and O–H groups in total. The van der Waals surface area contributed by atoms with Gasteiger partial charge in [-0.25, -0.2) is 9.48 Å². The average Bonchev–Trinajstić information content (AvgIpc) is 3.32. The van der Waals surface area contributed by atoms with Crippen LogP contribution in [-0.2, 0) is 15.3 Å². The molecule has 0 spiro atoms. The number of fused-ring (bicyclic) bond motifs is 1. The number of aromatic nitrogens is 3. The lowest BCUT2D eigenvalue weighted by atomic mass is 9.95. The largest absolute Gasteiger partial charge is 0.490 e. The van der Waals surface area contributed by atoms with Crippen LogP contribution in [0.1, 0.15) is 57.7 Å². The summed E-state index contributed by atoms with van der Waals surface area (Å²) >= 11 is 7.82. The second-order valence-electron chi connectivity index (χ2n) is 8.73. The second kappa shape index (κ2) is 13.1. The first-order valence-corrected chi connectivity index (χ1v) is 14.2. The third-order valence-electron chi connectivity index (χ3n) is 5.85. The maximum Gasteiger partial charge on any atom is 0.338 e. The predicted octanol–water partition coefficient (Wildman–Crippen LogP) is 6.65. The number of halogens is 1. The standard InChI is InChI=1S/C28H33ClN4O4S/c1-5-14-36-22-13-12-19(16-23(22)35-7-3)25-24(26(34)37-15-6-2)18(4)30-27-31-28(32-33(25)27)38-17-20-10-8-9-11-21(20)29/h8-13,16,25H,5-7,14-15,17H2,1-4H3,(H,30,31,32). The first-order chi connectivity index (χ1) is 18.5. The van der Waals surface area contributed by atoms with Crippen molar-refractivity contribution in [3.05, 3.63) is 69.9 Å². The van der Waals surface area contributed by atoms with E-state index >= 15 is 0 Å². The van der Waals surface area contributed by atoms with Crippen LogP contribution in [-0.4, -0.2) is 40.6 Å². The Bertz CT molecular complexity index is 1310. The van der Waals surface area contributed by atoms with E-state index in [0.717, 1.165) is 24.0 Å². The van der Waals surface area contributed by atoms with Crippen molar-refractivity contribution in [2.24, 2.45) is 0 Å². The number of carbonyl (C=O) groups is 1. The van der Waals surface area contributed by atoms with Crippen molar-refractivity contribution in [2.75, 3.05) is 25.1 Å². The molecule has 10 heteroatoms. The Hall–Kier alpha value is -3.17. The zero-order valence-electron chi connectivity index (χ0n) is 22.1. The molecule has 0 radical (unpaired) electrons. The maximum atomic E-state index is 13.3. The van der Waals surface area contributed by atoms with Gasteiger partial charge in [-0.15, -0.1) is 5.10 Å². The third kappa shape index (κ3) is 6.27. The predicted molar refractivity (Wildman–Crippen MR) is 150 cm³/mol. The lowest BCUT2D eigenvalue weighted by molar-refractivity contribution is -0.139. The Balaban J connectivity index is 1.73. The molecule has 8 nitrogen and oxygen atoms in total. The van der Waals surface area contributed by atoms with Crippen LogP contribution in [0.25, 0.3) is 0 Å². The van der Waals surface area contributed by atoms with E-state index in [1.54, 1.807) is 4.68 Å². The molecular formula is C28H33ClN4O4S. The zero-order chi connectivity index (χ0) is 27.1. The number of allylic oxidation sites excluding steroid dienone is 1. The van der Waals surface area contributed by atoms with Gasteiger partial charge in [-0.3, -0.25) is 0 Å². The molecule has 1 atom stereocenters. The van der Waals surface area contributed by atoms with Gasteiger partial charge in [0.25, 0.3) is 0 Å². The van der Waals surface area contributed by atoms with E-state index in [9.17, 15) is 4.79 Å². The molecule has 1 unspecified atom stereocenters. The molecule has 4 rings (SSSR count). The molecule has 0 aliphatic carbocycles. The summed E-state index contributed by atoms with van der Waals surface area (Å²) in [6, 6.07) is 12.9. The molecule has 0 bridgehead atoms. The van der Waals surface area contributed by atoms with E-state index in [0.29, 0.717) is 64.5 Å². The van der Waals surface area contributed by atoms with Gasteiger partial charge in [0.05, 0.1) is 25.4 Å². The Morgan fingerprint density at radius 1 is 1.08 bits per heavy atom. The molecule has 202 valence electrons. The summed E-state index contributed by atoms with van der Waals surface area (Å²) in [5.74, 6) is 2.05. The first-order valence-electron chi connectivity index (χ1n) is 12.8. The number of ether oxygens (including phenoxy) is 3. The van der Waals surface area contributed by atoms with Gasteiger partial charge < -0.3 is 19.5 Å². The van der Waals surface area contributed by atoms with Gasteiger partial charge in [-0.05, 0) is 56.0 Å². The SMILES string of the molecule is CCCOC(=O)C1=C(C)Nc2nc(SCc3ccccc3Cl)nn2C1c1ccc(OCCC)c(OCC)c1. The van der Waals surface area contributed by atoms with Crippen molar-refractivity contribution in [3.8, 4) is 11.5 Å². The topological polar surface area (TPSA) is 87.5 Å². The van der Waals surface area contributed by atoms with Crippen molar-refractivity contribution in [2.45, 2.75) is 57.5 Å². The molecular weight excluding hydrogens is 524 g/mol. The lowest BCUT2D eigenvalue weighted by Gasteiger charge is -2.28.